The first-order chi connectivity index (χ1) is 8.26. The summed E-state index contributed by atoms with van der Waals surface area (Å²) in [5, 5.41) is 0. The second kappa shape index (κ2) is 6.04. The summed E-state index contributed by atoms with van der Waals surface area (Å²) < 4.78 is 25.9. The van der Waals surface area contributed by atoms with E-state index in [0.717, 1.165) is 5.56 Å². The van der Waals surface area contributed by atoms with Crippen molar-refractivity contribution >= 4 is 21.6 Å². The Hall–Kier alpha value is -0.580. The summed E-state index contributed by atoms with van der Waals surface area (Å²) in [6.45, 7) is 5.01. The summed E-state index contributed by atoms with van der Waals surface area (Å²) >= 11 is 5.85. The molecule has 0 amide bonds. The molecule has 1 aromatic carbocycles. The van der Waals surface area contributed by atoms with E-state index >= 15 is 0 Å². The number of hydrogen-bond donors (Lipinski definition) is 1. The minimum Gasteiger partial charge on any atom is -0.212 e. The van der Waals surface area contributed by atoms with Crippen LogP contribution in [0.2, 0.25) is 0 Å². The molecule has 18 heavy (non-hydrogen) atoms. The molecule has 0 aliphatic heterocycles. The van der Waals surface area contributed by atoms with E-state index < -0.39 is 14.8 Å². The smallest absolute Gasteiger partial charge is 0.212 e. The van der Waals surface area contributed by atoms with Crippen molar-refractivity contribution in [3.8, 4) is 0 Å². The fraction of sp³-hybridized carbons (Fsp3) is 0.538. The minimum absolute atomic E-state index is 0.254. The molecule has 1 unspecified atom stereocenters. The molecule has 0 aromatic heterocycles. The first-order valence-corrected chi connectivity index (χ1v) is 7.90. The Morgan fingerprint density at radius 3 is 2.22 bits per heavy atom. The zero-order chi connectivity index (χ0) is 13.8. The van der Waals surface area contributed by atoms with E-state index in [1.807, 2.05) is 30.3 Å². The van der Waals surface area contributed by atoms with Crippen LogP contribution in [0.5, 0.6) is 0 Å². The van der Waals surface area contributed by atoms with E-state index in [0.29, 0.717) is 6.42 Å². The van der Waals surface area contributed by atoms with Crippen molar-refractivity contribution in [1.29, 1.82) is 0 Å². The van der Waals surface area contributed by atoms with Gasteiger partial charge in [0.15, 0.2) is 0 Å². The highest BCUT2D eigenvalue weighted by atomic mass is 35.5. The topological polar surface area (TPSA) is 46.2 Å². The van der Waals surface area contributed by atoms with Crippen LogP contribution in [-0.4, -0.2) is 25.1 Å². The predicted octanol–water partition coefficient (Wildman–Crippen LogP) is 2.55. The molecule has 0 saturated heterocycles. The lowest BCUT2D eigenvalue weighted by Gasteiger charge is -2.24. The summed E-state index contributed by atoms with van der Waals surface area (Å²) in [4.78, 5) is 0. The van der Waals surface area contributed by atoms with E-state index in [1.54, 1.807) is 20.8 Å². The van der Waals surface area contributed by atoms with Gasteiger partial charge in [0, 0.05) is 11.9 Å². The Kier molecular flexibility index (Phi) is 5.20. The van der Waals surface area contributed by atoms with Gasteiger partial charge < -0.3 is 0 Å². The maximum Gasteiger partial charge on any atom is 0.216 e. The third-order valence-electron chi connectivity index (χ3n) is 2.64. The van der Waals surface area contributed by atoms with Gasteiger partial charge in [-0.25, -0.2) is 13.1 Å². The van der Waals surface area contributed by atoms with Gasteiger partial charge in [-0.1, -0.05) is 30.3 Å². The highest BCUT2D eigenvalue weighted by molar-refractivity contribution is 7.90. The first-order valence-electron chi connectivity index (χ1n) is 5.88. The van der Waals surface area contributed by atoms with E-state index in [1.165, 1.54) is 0 Å². The Morgan fingerprint density at radius 2 is 1.78 bits per heavy atom. The van der Waals surface area contributed by atoms with Crippen LogP contribution in [0.25, 0.3) is 0 Å². The third kappa shape index (κ3) is 4.26. The molecular formula is C13H20ClNO2S. The number of hydrogen-bond acceptors (Lipinski definition) is 2. The lowest BCUT2D eigenvalue weighted by Crippen LogP contribution is -2.46. The van der Waals surface area contributed by atoms with Crippen molar-refractivity contribution in [2.75, 3.05) is 5.88 Å². The van der Waals surface area contributed by atoms with E-state index in [-0.39, 0.29) is 11.9 Å². The van der Waals surface area contributed by atoms with Crippen LogP contribution in [0.4, 0.5) is 0 Å². The predicted molar refractivity (Wildman–Crippen MR) is 76.5 cm³/mol. The summed E-state index contributed by atoms with van der Waals surface area (Å²) in [5.74, 6) is 0.254. The van der Waals surface area contributed by atoms with Gasteiger partial charge >= 0.3 is 0 Å². The number of alkyl halides is 1. The number of benzene rings is 1. The maximum absolute atomic E-state index is 12.0. The summed E-state index contributed by atoms with van der Waals surface area (Å²) in [5.41, 5.74) is 1.07. The van der Waals surface area contributed by atoms with Crippen molar-refractivity contribution in [2.24, 2.45) is 0 Å². The van der Waals surface area contributed by atoms with Gasteiger partial charge in [-0.2, -0.15) is 0 Å². The molecule has 3 nitrogen and oxygen atoms in total. The summed E-state index contributed by atoms with van der Waals surface area (Å²) in [7, 11) is -3.36. The molecule has 0 bridgehead atoms. The second-order valence-corrected chi connectivity index (χ2v) is 8.05. The van der Waals surface area contributed by atoms with Crippen LogP contribution in [0.15, 0.2) is 30.3 Å². The standard InChI is InChI=1S/C13H20ClNO2S/c1-13(2,3)18(16,17)15-12(10-14)9-11-7-5-4-6-8-11/h4-8,12,15H,9-10H2,1-3H3. The van der Waals surface area contributed by atoms with Gasteiger partial charge in [0.1, 0.15) is 0 Å². The van der Waals surface area contributed by atoms with Gasteiger partial charge in [0.25, 0.3) is 0 Å². The average Bonchev–Trinajstić information content (AvgIpc) is 2.27. The highest BCUT2D eigenvalue weighted by Gasteiger charge is 2.30. The molecule has 1 aromatic rings. The first kappa shape index (κ1) is 15.5. The van der Waals surface area contributed by atoms with E-state index in [2.05, 4.69) is 4.72 Å². The van der Waals surface area contributed by atoms with Crippen LogP contribution in [0, 0.1) is 0 Å². The van der Waals surface area contributed by atoms with Crippen molar-refractivity contribution in [1.82, 2.24) is 4.72 Å². The highest BCUT2D eigenvalue weighted by Crippen LogP contribution is 2.15. The van der Waals surface area contributed by atoms with Crippen LogP contribution < -0.4 is 4.72 Å². The number of halogens is 1. The Bertz CT molecular complexity index is 466. The SMILES string of the molecule is CC(C)(C)S(=O)(=O)NC(CCl)Cc1ccccc1. The fourth-order valence-electron chi connectivity index (χ4n) is 1.42. The Morgan fingerprint density at radius 1 is 1.22 bits per heavy atom. The van der Waals surface area contributed by atoms with Crippen molar-refractivity contribution in [2.45, 2.75) is 38.0 Å². The van der Waals surface area contributed by atoms with Crippen molar-refractivity contribution in [3.05, 3.63) is 35.9 Å². The minimum atomic E-state index is -3.36. The number of sulfonamides is 1. The molecule has 102 valence electrons. The average molecular weight is 290 g/mol. The quantitative estimate of drug-likeness (QED) is 0.847. The second-order valence-electron chi connectivity index (χ2n) is 5.27. The molecular weight excluding hydrogens is 270 g/mol. The molecule has 0 aliphatic rings. The van der Waals surface area contributed by atoms with Gasteiger partial charge in [-0.05, 0) is 32.8 Å². The van der Waals surface area contributed by atoms with Crippen LogP contribution >= 0.6 is 11.6 Å². The zero-order valence-corrected chi connectivity index (χ0v) is 12.6. The van der Waals surface area contributed by atoms with Crippen molar-refractivity contribution in [3.63, 3.8) is 0 Å². The number of rotatable bonds is 5. The molecule has 1 atom stereocenters. The molecule has 1 rings (SSSR count). The normalized spacial score (nSPS) is 14.4. The molecule has 0 radical (unpaired) electrons. The van der Waals surface area contributed by atoms with E-state index in [4.69, 9.17) is 11.6 Å². The summed E-state index contributed by atoms with van der Waals surface area (Å²) in [6, 6.07) is 9.44. The Balaban J connectivity index is 2.75. The zero-order valence-electron chi connectivity index (χ0n) is 11.0. The van der Waals surface area contributed by atoms with Crippen LogP contribution in [-0.2, 0) is 16.4 Å². The molecule has 0 fully saturated rings. The largest absolute Gasteiger partial charge is 0.216 e. The van der Waals surface area contributed by atoms with Gasteiger partial charge in [0.2, 0.25) is 10.0 Å². The van der Waals surface area contributed by atoms with Crippen molar-refractivity contribution < 1.29 is 8.42 Å². The van der Waals surface area contributed by atoms with Gasteiger partial charge in [0.05, 0.1) is 4.75 Å². The third-order valence-corrected chi connectivity index (χ3v) is 5.27. The van der Waals surface area contributed by atoms with Crippen LogP contribution in [0.1, 0.15) is 26.3 Å². The van der Waals surface area contributed by atoms with Gasteiger partial charge in [-0.3, -0.25) is 0 Å². The Labute approximate surface area is 115 Å². The fourth-order valence-corrected chi connectivity index (χ4v) is 2.66. The number of nitrogens with one attached hydrogen (secondary N) is 1. The molecule has 0 spiro atoms. The monoisotopic (exact) mass is 289 g/mol. The van der Waals surface area contributed by atoms with Gasteiger partial charge in [-0.15, -0.1) is 11.6 Å². The molecule has 0 saturated carbocycles. The molecule has 1 N–H and O–H groups in total. The molecule has 5 heteroatoms. The van der Waals surface area contributed by atoms with E-state index in [9.17, 15) is 8.42 Å². The molecule has 0 heterocycles. The summed E-state index contributed by atoms with van der Waals surface area (Å²) in [6.07, 6.45) is 0.597. The van der Waals surface area contributed by atoms with Crippen LogP contribution in [0.3, 0.4) is 0 Å². The maximum atomic E-state index is 12.0. The lowest BCUT2D eigenvalue weighted by atomic mass is 10.1. The molecule has 0 aliphatic carbocycles. The lowest BCUT2D eigenvalue weighted by molar-refractivity contribution is 0.528.